The Kier molecular flexibility index (Phi) is 8.22. The molecule has 1 atom stereocenters. The van der Waals surface area contributed by atoms with E-state index in [9.17, 15) is 4.79 Å². The van der Waals surface area contributed by atoms with Gasteiger partial charge >= 0.3 is 0 Å². The summed E-state index contributed by atoms with van der Waals surface area (Å²) >= 11 is 0. The molecule has 1 saturated heterocycles. The van der Waals surface area contributed by atoms with Crippen LogP contribution in [0.25, 0.3) is 0 Å². The van der Waals surface area contributed by atoms with Gasteiger partial charge in [0.15, 0.2) is 11.5 Å². The van der Waals surface area contributed by atoms with Gasteiger partial charge in [0.2, 0.25) is 11.5 Å². The van der Waals surface area contributed by atoms with Crippen molar-refractivity contribution in [2.24, 2.45) is 11.7 Å². The summed E-state index contributed by atoms with van der Waals surface area (Å²) < 4.78 is 22.9. The fraction of sp³-hybridized carbons (Fsp3) is 0.480. The maximum Gasteiger partial charge on any atom is 0.257 e. The molecular formula is C25H34N2O5. The summed E-state index contributed by atoms with van der Waals surface area (Å²) in [5.41, 5.74) is 7.16. The number of ether oxygens (including phenoxy) is 4. The Bertz CT molecular complexity index is 914. The molecular weight excluding hydrogens is 408 g/mol. The average molecular weight is 443 g/mol. The van der Waals surface area contributed by atoms with E-state index in [1.54, 1.807) is 6.07 Å². The van der Waals surface area contributed by atoms with Gasteiger partial charge in [-0.3, -0.25) is 4.79 Å². The number of nitrogens with two attached hydrogens (primary N) is 1. The molecule has 0 spiro atoms. The molecule has 0 aliphatic carbocycles. The van der Waals surface area contributed by atoms with Crippen molar-refractivity contribution >= 4 is 5.91 Å². The molecule has 2 aromatic carbocycles. The van der Waals surface area contributed by atoms with Crippen molar-refractivity contribution in [1.82, 2.24) is 4.90 Å². The first kappa shape index (κ1) is 23.7. The lowest BCUT2D eigenvalue weighted by Crippen LogP contribution is -2.32. The monoisotopic (exact) mass is 442 g/mol. The Morgan fingerprint density at radius 3 is 2.31 bits per heavy atom. The van der Waals surface area contributed by atoms with Crippen molar-refractivity contribution in [3.05, 3.63) is 41.5 Å². The molecule has 1 aliphatic rings. The van der Waals surface area contributed by atoms with Crippen LogP contribution in [0, 0.1) is 5.92 Å². The summed E-state index contributed by atoms with van der Waals surface area (Å²) in [4.78, 5) is 15.4. The van der Waals surface area contributed by atoms with Gasteiger partial charge in [-0.25, -0.2) is 0 Å². The quantitative estimate of drug-likeness (QED) is 0.657. The molecule has 0 bridgehead atoms. The van der Waals surface area contributed by atoms with Gasteiger partial charge in [0.05, 0.1) is 26.9 Å². The standard InChI is InChI=1S/C25H34N2O5/c1-17-6-5-14-27(15-12-17)25(28)20-16-21(23(30-3)24(31-4)22(20)29-2)32-19-9-7-18(8-10-19)11-13-26/h7-10,16-17H,5-6,11-15,26H2,1-4H3. The number of nitrogens with zero attached hydrogens (tertiary/aromatic N) is 1. The molecule has 7 nitrogen and oxygen atoms in total. The molecule has 3 rings (SSSR count). The van der Waals surface area contributed by atoms with E-state index in [0.29, 0.717) is 46.8 Å². The maximum absolute atomic E-state index is 13.5. The molecule has 32 heavy (non-hydrogen) atoms. The minimum absolute atomic E-state index is 0.0972. The van der Waals surface area contributed by atoms with Crippen LogP contribution in [0.2, 0.25) is 0 Å². The Morgan fingerprint density at radius 2 is 1.69 bits per heavy atom. The van der Waals surface area contributed by atoms with Crippen LogP contribution in [0.4, 0.5) is 0 Å². The van der Waals surface area contributed by atoms with Crippen LogP contribution >= 0.6 is 0 Å². The van der Waals surface area contributed by atoms with Crippen LogP contribution in [-0.2, 0) is 6.42 Å². The number of benzene rings is 2. The van der Waals surface area contributed by atoms with Crippen LogP contribution in [0.5, 0.6) is 28.7 Å². The number of methoxy groups -OCH3 is 3. The van der Waals surface area contributed by atoms with Gasteiger partial charge in [-0.1, -0.05) is 19.1 Å². The largest absolute Gasteiger partial charge is 0.492 e. The van der Waals surface area contributed by atoms with Gasteiger partial charge in [0.1, 0.15) is 5.75 Å². The summed E-state index contributed by atoms with van der Waals surface area (Å²) in [6.45, 7) is 4.26. The lowest BCUT2D eigenvalue weighted by Gasteiger charge is -2.24. The fourth-order valence-corrected chi connectivity index (χ4v) is 4.07. The number of amides is 1. The highest BCUT2D eigenvalue weighted by molar-refractivity contribution is 5.99. The summed E-state index contributed by atoms with van der Waals surface area (Å²) in [5.74, 6) is 2.58. The van der Waals surface area contributed by atoms with Crippen molar-refractivity contribution < 1.29 is 23.7 Å². The molecule has 0 aromatic heterocycles. The van der Waals surface area contributed by atoms with Crippen LogP contribution < -0.4 is 24.7 Å². The van der Waals surface area contributed by atoms with E-state index in [1.165, 1.54) is 21.3 Å². The van der Waals surface area contributed by atoms with Gasteiger partial charge in [0.25, 0.3) is 5.91 Å². The summed E-state index contributed by atoms with van der Waals surface area (Å²) in [7, 11) is 4.58. The maximum atomic E-state index is 13.5. The van der Waals surface area contributed by atoms with Gasteiger partial charge in [-0.2, -0.15) is 0 Å². The Morgan fingerprint density at radius 1 is 1.00 bits per heavy atom. The third kappa shape index (κ3) is 5.27. The number of rotatable bonds is 8. The second-order valence-corrected chi connectivity index (χ2v) is 8.13. The highest BCUT2D eigenvalue weighted by atomic mass is 16.5. The third-order valence-corrected chi connectivity index (χ3v) is 5.89. The lowest BCUT2D eigenvalue weighted by molar-refractivity contribution is 0.0755. The van der Waals surface area contributed by atoms with E-state index in [2.05, 4.69) is 6.92 Å². The van der Waals surface area contributed by atoms with Crippen molar-refractivity contribution in [2.75, 3.05) is 41.0 Å². The predicted molar refractivity (Wildman–Crippen MR) is 124 cm³/mol. The summed E-state index contributed by atoms with van der Waals surface area (Å²) in [5, 5.41) is 0. The van der Waals surface area contributed by atoms with Gasteiger partial charge in [-0.15, -0.1) is 0 Å². The van der Waals surface area contributed by atoms with Crippen LogP contribution in [0.3, 0.4) is 0 Å². The summed E-state index contributed by atoms with van der Waals surface area (Å²) in [6.07, 6.45) is 3.90. The SMILES string of the molecule is COc1c(Oc2ccc(CCN)cc2)cc(C(=O)N2CCCC(C)CC2)c(OC)c1OC. The summed E-state index contributed by atoms with van der Waals surface area (Å²) in [6, 6.07) is 9.38. The second-order valence-electron chi connectivity index (χ2n) is 8.13. The van der Waals surface area contributed by atoms with E-state index in [-0.39, 0.29) is 5.91 Å². The van der Waals surface area contributed by atoms with Crippen molar-refractivity contribution in [3.8, 4) is 28.7 Å². The Balaban J connectivity index is 2.00. The van der Waals surface area contributed by atoms with Crippen LogP contribution in [-0.4, -0.2) is 51.8 Å². The number of hydrogen-bond acceptors (Lipinski definition) is 6. The zero-order chi connectivity index (χ0) is 23.1. The van der Waals surface area contributed by atoms with E-state index < -0.39 is 0 Å². The third-order valence-electron chi connectivity index (χ3n) is 5.89. The first-order chi connectivity index (χ1) is 15.5. The number of carbonyl (C=O) groups excluding carboxylic acids is 1. The molecule has 2 N–H and O–H groups in total. The number of likely N-dealkylation sites (tertiary alicyclic amines) is 1. The topological polar surface area (TPSA) is 83.3 Å². The highest BCUT2D eigenvalue weighted by Crippen LogP contribution is 2.48. The number of hydrogen-bond donors (Lipinski definition) is 1. The minimum atomic E-state index is -0.0972. The average Bonchev–Trinajstić information content (AvgIpc) is 3.03. The highest BCUT2D eigenvalue weighted by Gasteiger charge is 2.29. The molecule has 2 aromatic rings. The van der Waals surface area contributed by atoms with Crippen molar-refractivity contribution in [3.63, 3.8) is 0 Å². The van der Waals surface area contributed by atoms with E-state index in [0.717, 1.165) is 44.3 Å². The molecule has 1 heterocycles. The van der Waals surface area contributed by atoms with E-state index >= 15 is 0 Å². The molecule has 1 aliphatic heterocycles. The molecule has 1 fully saturated rings. The lowest BCUT2D eigenvalue weighted by atomic mass is 10.0. The normalized spacial score (nSPS) is 16.3. The Hall–Kier alpha value is -2.93. The smallest absolute Gasteiger partial charge is 0.257 e. The van der Waals surface area contributed by atoms with Crippen molar-refractivity contribution in [2.45, 2.75) is 32.6 Å². The van der Waals surface area contributed by atoms with E-state index in [4.69, 9.17) is 24.7 Å². The molecule has 0 radical (unpaired) electrons. The fourth-order valence-electron chi connectivity index (χ4n) is 4.07. The number of carbonyl (C=O) groups is 1. The first-order valence-corrected chi connectivity index (χ1v) is 11.1. The van der Waals surface area contributed by atoms with Gasteiger partial charge in [-0.05, 0) is 55.8 Å². The van der Waals surface area contributed by atoms with Gasteiger partial charge < -0.3 is 29.6 Å². The predicted octanol–water partition coefficient (Wildman–Crippen LogP) is 4.27. The van der Waals surface area contributed by atoms with E-state index in [1.807, 2.05) is 29.2 Å². The van der Waals surface area contributed by atoms with Gasteiger partial charge in [0, 0.05) is 19.2 Å². The zero-order valence-electron chi connectivity index (χ0n) is 19.5. The zero-order valence-corrected chi connectivity index (χ0v) is 19.5. The van der Waals surface area contributed by atoms with Crippen LogP contribution in [0.15, 0.2) is 30.3 Å². The molecule has 1 amide bonds. The molecule has 174 valence electrons. The minimum Gasteiger partial charge on any atom is -0.492 e. The van der Waals surface area contributed by atoms with Crippen molar-refractivity contribution in [1.29, 1.82) is 0 Å². The second kappa shape index (κ2) is 11.1. The van der Waals surface area contributed by atoms with Crippen LogP contribution in [0.1, 0.15) is 42.1 Å². The first-order valence-electron chi connectivity index (χ1n) is 11.1. The molecule has 1 unspecified atom stereocenters. The molecule has 0 saturated carbocycles. The molecule has 7 heteroatoms. The Labute approximate surface area is 190 Å².